The van der Waals surface area contributed by atoms with E-state index < -0.39 is 0 Å². The molecule has 2 unspecified atom stereocenters. The predicted molar refractivity (Wildman–Crippen MR) is 82.1 cm³/mol. The molecule has 0 aromatic heterocycles. The maximum Gasteiger partial charge on any atom is 0.119 e. The van der Waals surface area contributed by atoms with Crippen molar-refractivity contribution >= 4 is 0 Å². The molecule has 112 valence electrons. The fourth-order valence-electron chi connectivity index (χ4n) is 2.83. The molecule has 0 saturated heterocycles. The molecule has 0 aliphatic heterocycles. The van der Waals surface area contributed by atoms with Gasteiger partial charge in [0.25, 0.3) is 0 Å². The van der Waals surface area contributed by atoms with Gasteiger partial charge in [-0.2, -0.15) is 0 Å². The Morgan fingerprint density at radius 1 is 1.25 bits per heavy atom. The van der Waals surface area contributed by atoms with Gasteiger partial charge in [-0.15, -0.1) is 0 Å². The molecule has 1 aliphatic carbocycles. The highest BCUT2D eigenvalue weighted by atomic mass is 16.5. The number of hydrogen-bond donors (Lipinski definition) is 1. The largest absolute Gasteiger partial charge is 0.497 e. The van der Waals surface area contributed by atoms with Crippen molar-refractivity contribution in [1.29, 1.82) is 0 Å². The van der Waals surface area contributed by atoms with Crippen LogP contribution in [-0.4, -0.2) is 25.8 Å². The van der Waals surface area contributed by atoms with Gasteiger partial charge in [0.05, 0.1) is 19.8 Å². The molecule has 3 nitrogen and oxygen atoms in total. The molecule has 0 heterocycles. The van der Waals surface area contributed by atoms with Crippen LogP contribution >= 0.6 is 0 Å². The Balaban J connectivity index is 1.86. The maximum absolute atomic E-state index is 6.16. The van der Waals surface area contributed by atoms with E-state index in [0.717, 1.165) is 12.3 Å². The SMILES string of the molecule is CCCNC1CCCCC1OCc1cccc(OC)c1. The van der Waals surface area contributed by atoms with Gasteiger partial charge in [-0.3, -0.25) is 0 Å². The topological polar surface area (TPSA) is 30.5 Å². The average molecular weight is 277 g/mol. The molecule has 2 atom stereocenters. The normalized spacial score (nSPS) is 22.7. The third-order valence-corrected chi connectivity index (χ3v) is 3.96. The number of ether oxygens (including phenoxy) is 2. The van der Waals surface area contributed by atoms with Crippen LogP contribution in [0, 0.1) is 0 Å². The van der Waals surface area contributed by atoms with Crippen molar-refractivity contribution in [3.05, 3.63) is 29.8 Å². The Hall–Kier alpha value is -1.06. The quantitative estimate of drug-likeness (QED) is 0.827. The van der Waals surface area contributed by atoms with Crippen molar-refractivity contribution < 1.29 is 9.47 Å². The van der Waals surface area contributed by atoms with Gasteiger partial charge >= 0.3 is 0 Å². The number of nitrogens with one attached hydrogen (secondary N) is 1. The van der Waals surface area contributed by atoms with Crippen LogP contribution in [0.2, 0.25) is 0 Å². The van der Waals surface area contributed by atoms with E-state index in [4.69, 9.17) is 9.47 Å². The first-order chi connectivity index (χ1) is 9.83. The zero-order valence-electron chi connectivity index (χ0n) is 12.7. The Labute approximate surface area is 122 Å². The fourth-order valence-corrected chi connectivity index (χ4v) is 2.83. The standard InChI is InChI=1S/C17H27NO2/c1-3-11-18-16-9-4-5-10-17(16)20-13-14-7-6-8-15(12-14)19-2/h6-8,12,16-18H,3-5,9-11,13H2,1-2H3. The lowest BCUT2D eigenvalue weighted by Gasteiger charge is -2.32. The summed E-state index contributed by atoms with van der Waals surface area (Å²) >= 11 is 0. The molecule has 1 saturated carbocycles. The molecule has 0 radical (unpaired) electrons. The summed E-state index contributed by atoms with van der Waals surface area (Å²) < 4.78 is 11.4. The lowest BCUT2D eigenvalue weighted by molar-refractivity contribution is -0.00542. The van der Waals surface area contributed by atoms with Gasteiger partial charge in [0.15, 0.2) is 0 Å². The molecule has 1 fully saturated rings. The molecule has 0 spiro atoms. The van der Waals surface area contributed by atoms with E-state index in [1.165, 1.54) is 37.7 Å². The van der Waals surface area contributed by atoms with Gasteiger partial charge in [-0.25, -0.2) is 0 Å². The summed E-state index contributed by atoms with van der Waals surface area (Å²) in [7, 11) is 1.70. The summed E-state index contributed by atoms with van der Waals surface area (Å²) in [6, 6.07) is 8.66. The smallest absolute Gasteiger partial charge is 0.119 e. The number of hydrogen-bond acceptors (Lipinski definition) is 3. The number of rotatable bonds is 7. The fraction of sp³-hybridized carbons (Fsp3) is 0.647. The highest BCUT2D eigenvalue weighted by Gasteiger charge is 2.25. The summed E-state index contributed by atoms with van der Waals surface area (Å²) in [6.45, 7) is 3.97. The first-order valence-electron chi connectivity index (χ1n) is 7.81. The molecule has 0 amide bonds. The van der Waals surface area contributed by atoms with Crippen LogP contribution in [0.1, 0.15) is 44.6 Å². The molecular formula is C17H27NO2. The van der Waals surface area contributed by atoms with Gasteiger partial charge in [-0.05, 0) is 43.5 Å². The molecule has 1 aromatic carbocycles. The van der Waals surface area contributed by atoms with Gasteiger partial charge in [0.1, 0.15) is 5.75 Å². The zero-order chi connectivity index (χ0) is 14.2. The third-order valence-electron chi connectivity index (χ3n) is 3.96. The highest BCUT2D eigenvalue weighted by molar-refractivity contribution is 5.27. The molecule has 20 heavy (non-hydrogen) atoms. The monoisotopic (exact) mass is 277 g/mol. The van der Waals surface area contributed by atoms with E-state index in [0.29, 0.717) is 18.8 Å². The second-order valence-electron chi connectivity index (χ2n) is 5.55. The van der Waals surface area contributed by atoms with Gasteiger partial charge in [-0.1, -0.05) is 31.9 Å². The molecule has 2 rings (SSSR count). The Bertz CT molecular complexity index is 394. The molecule has 1 aromatic rings. The van der Waals surface area contributed by atoms with Gasteiger partial charge < -0.3 is 14.8 Å². The first kappa shape index (κ1) is 15.3. The summed E-state index contributed by atoms with van der Waals surface area (Å²) in [5.41, 5.74) is 1.18. The molecule has 3 heteroatoms. The summed E-state index contributed by atoms with van der Waals surface area (Å²) in [5, 5.41) is 3.63. The van der Waals surface area contributed by atoms with E-state index in [9.17, 15) is 0 Å². The second kappa shape index (κ2) is 8.28. The van der Waals surface area contributed by atoms with Crippen LogP contribution in [-0.2, 0) is 11.3 Å². The third kappa shape index (κ3) is 4.50. The summed E-state index contributed by atoms with van der Waals surface area (Å²) in [5.74, 6) is 0.899. The van der Waals surface area contributed by atoms with Crippen LogP contribution in [0.15, 0.2) is 24.3 Å². The lowest BCUT2D eigenvalue weighted by Crippen LogP contribution is -2.43. The van der Waals surface area contributed by atoms with E-state index in [1.54, 1.807) is 7.11 Å². The predicted octanol–water partition coefficient (Wildman–Crippen LogP) is 3.52. The Kier molecular flexibility index (Phi) is 6.34. The highest BCUT2D eigenvalue weighted by Crippen LogP contribution is 2.23. The van der Waals surface area contributed by atoms with Crippen LogP contribution in [0.3, 0.4) is 0 Å². The molecule has 1 aliphatic rings. The van der Waals surface area contributed by atoms with Crippen molar-refractivity contribution in [3.63, 3.8) is 0 Å². The van der Waals surface area contributed by atoms with Crippen molar-refractivity contribution in [1.82, 2.24) is 5.32 Å². The van der Waals surface area contributed by atoms with Crippen LogP contribution in [0.5, 0.6) is 5.75 Å². The Morgan fingerprint density at radius 2 is 2.10 bits per heavy atom. The van der Waals surface area contributed by atoms with Crippen molar-refractivity contribution in [2.45, 2.75) is 57.8 Å². The van der Waals surface area contributed by atoms with Crippen LogP contribution in [0.4, 0.5) is 0 Å². The minimum absolute atomic E-state index is 0.349. The molecule has 1 N–H and O–H groups in total. The van der Waals surface area contributed by atoms with Crippen LogP contribution < -0.4 is 10.1 Å². The molecule has 0 bridgehead atoms. The average Bonchev–Trinajstić information content (AvgIpc) is 2.52. The number of methoxy groups -OCH3 is 1. The lowest BCUT2D eigenvalue weighted by atomic mass is 9.92. The number of benzene rings is 1. The minimum atomic E-state index is 0.349. The summed E-state index contributed by atoms with van der Waals surface area (Å²) in [4.78, 5) is 0. The van der Waals surface area contributed by atoms with Crippen LogP contribution in [0.25, 0.3) is 0 Å². The molecular weight excluding hydrogens is 250 g/mol. The van der Waals surface area contributed by atoms with E-state index >= 15 is 0 Å². The van der Waals surface area contributed by atoms with Crippen molar-refractivity contribution in [2.75, 3.05) is 13.7 Å². The van der Waals surface area contributed by atoms with E-state index in [-0.39, 0.29) is 0 Å². The van der Waals surface area contributed by atoms with Crippen molar-refractivity contribution in [2.24, 2.45) is 0 Å². The zero-order valence-corrected chi connectivity index (χ0v) is 12.7. The van der Waals surface area contributed by atoms with Gasteiger partial charge in [0, 0.05) is 6.04 Å². The summed E-state index contributed by atoms with van der Waals surface area (Å²) in [6.07, 6.45) is 6.54. The Morgan fingerprint density at radius 3 is 2.90 bits per heavy atom. The first-order valence-corrected chi connectivity index (χ1v) is 7.81. The second-order valence-corrected chi connectivity index (χ2v) is 5.55. The van der Waals surface area contributed by atoms with Crippen molar-refractivity contribution in [3.8, 4) is 5.75 Å². The van der Waals surface area contributed by atoms with E-state index in [2.05, 4.69) is 24.4 Å². The van der Waals surface area contributed by atoms with Gasteiger partial charge in [0.2, 0.25) is 0 Å². The van der Waals surface area contributed by atoms with E-state index in [1.807, 2.05) is 12.1 Å². The minimum Gasteiger partial charge on any atom is -0.497 e. The maximum atomic E-state index is 6.16.